The van der Waals surface area contributed by atoms with Crippen LogP contribution in [-0.4, -0.2) is 30.9 Å². The van der Waals surface area contributed by atoms with Gasteiger partial charge in [0.15, 0.2) is 11.9 Å². The third kappa shape index (κ3) is 6.32. The fraction of sp³-hybridized carbons (Fsp3) is 0.318. The molecule has 0 unspecified atom stereocenters. The van der Waals surface area contributed by atoms with E-state index in [0.717, 1.165) is 11.1 Å². The molecule has 2 aromatic carbocycles. The van der Waals surface area contributed by atoms with Crippen molar-refractivity contribution in [1.29, 1.82) is 0 Å². The van der Waals surface area contributed by atoms with Crippen LogP contribution in [0.2, 0.25) is 5.02 Å². The lowest BCUT2D eigenvalue weighted by Crippen LogP contribution is -2.30. The van der Waals surface area contributed by atoms with Crippen molar-refractivity contribution >= 4 is 34.9 Å². The molecule has 0 bridgehead atoms. The molecule has 154 valence electrons. The number of carbonyl (C=O) groups is 3. The first-order chi connectivity index (χ1) is 13.7. The number of aryl methyl sites for hydroxylation is 2. The van der Waals surface area contributed by atoms with E-state index in [1.54, 1.807) is 18.2 Å². The zero-order valence-electron chi connectivity index (χ0n) is 16.9. The maximum absolute atomic E-state index is 12.4. The maximum atomic E-state index is 12.4. The normalized spacial score (nSPS) is 11.5. The van der Waals surface area contributed by atoms with Gasteiger partial charge in [0.05, 0.1) is 18.6 Å². The number of esters is 1. The average molecular weight is 418 g/mol. The predicted molar refractivity (Wildman–Crippen MR) is 112 cm³/mol. The number of carbonyl (C=O) groups excluding carboxylic acids is 3. The molecule has 0 heterocycles. The Morgan fingerprint density at radius 1 is 1.07 bits per heavy atom. The second-order valence-corrected chi connectivity index (χ2v) is 7.12. The van der Waals surface area contributed by atoms with Crippen molar-refractivity contribution in [2.75, 3.05) is 12.4 Å². The van der Waals surface area contributed by atoms with Crippen molar-refractivity contribution in [1.82, 2.24) is 0 Å². The van der Waals surface area contributed by atoms with E-state index in [-0.39, 0.29) is 18.6 Å². The van der Waals surface area contributed by atoms with Crippen molar-refractivity contribution in [3.8, 4) is 5.75 Å². The molecule has 0 saturated heterocycles. The molecule has 0 saturated carbocycles. The van der Waals surface area contributed by atoms with Crippen LogP contribution in [0.1, 0.15) is 41.3 Å². The fourth-order valence-electron chi connectivity index (χ4n) is 2.68. The Morgan fingerprint density at radius 2 is 1.79 bits per heavy atom. The summed E-state index contributed by atoms with van der Waals surface area (Å²) < 4.78 is 10.2. The van der Waals surface area contributed by atoms with Crippen LogP contribution in [0.25, 0.3) is 0 Å². The van der Waals surface area contributed by atoms with E-state index in [1.165, 1.54) is 20.1 Å². The van der Waals surface area contributed by atoms with Gasteiger partial charge in [0.25, 0.3) is 5.91 Å². The SMILES string of the molecule is COc1ccc(NC(=O)[C@H](C)OC(=O)CCC(=O)c2cc(C)ccc2C)cc1Cl. The molecule has 1 amide bonds. The van der Waals surface area contributed by atoms with Crippen LogP contribution in [0.3, 0.4) is 0 Å². The Kier molecular flexibility index (Phi) is 7.79. The molecule has 2 aromatic rings. The number of rotatable bonds is 8. The second-order valence-electron chi connectivity index (χ2n) is 6.71. The lowest BCUT2D eigenvalue weighted by Gasteiger charge is -2.14. The number of hydrogen-bond donors (Lipinski definition) is 1. The fourth-order valence-corrected chi connectivity index (χ4v) is 2.94. The highest BCUT2D eigenvalue weighted by molar-refractivity contribution is 6.32. The van der Waals surface area contributed by atoms with Crippen LogP contribution in [0.15, 0.2) is 36.4 Å². The Labute approximate surface area is 175 Å². The Hall–Kier alpha value is -2.86. The van der Waals surface area contributed by atoms with E-state index in [1.807, 2.05) is 26.0 Å². The highest BCUT2D eigenvalue weighted by atomic mass is 35.5. The molecule has 2 rings (SSSR count). The number of nitrogens with one attached hydrogen (secondary N) is 1. The summed E-state index contributed by atoms with van der Waals surface area (Å²) in [5, 5.41) is 2.97. The number of methoxy groups -OCH3 is 1. The minimum Gasteiger partial charge on any atom is -0.495 e. The second kappa shape index (κ2) is 10.1. The van der Waals surface area contributed by atoms with Crippen molar-refractivity contribution in [3.05, 3.63) is 58.1 Å². The molecule has 0 fully saturated rings. The highest BCUT2D eigenvalue weighted by Crippen LogP contribution is 2.27. The highest BCUT2D eigenvalue weighted by Gasteiger charge is 2.19. The number of halogens is 1. The quantitative estimate of drug-likeness (QED) is 0.505. The first kappa shape index (κ1) is 22.4. The van der Waals surface area contributed by atoms with Crippen molar-refractivity contribution in [2.45, 2.75) is 39.7 Å². The molecular formula is C22H24ClNO5. The molecule has 0 aliphatic carbocycles. The summed E-state index contributed by atoms with van der Waals surface area (Å²) in [6, 6.07) is 10.4. The first-order valence-corrected chi connectivity index (χ1v) is 9.53. The van der Waals surface area contributed by atoms with Gasteiger partial charge in [-0.05, 0) is 50.6 Å². The van der Waals surface area contributed by atoms with Crippen molar-refractivity contribution < 1.29 is 23.9 Å². The number of hydrogen-bond acceptors (Lipinski definition) is 5. The number of ether oxygens (including phenoxy) is 2. The zero-order chi connectivity index (χ0) is 21.6. The third-order valence-electron chi connectivity index (χ3n) is 4.35. The minimum atomic E-state index is -1.01. The lowest BCUT2D eigenvalue weighted by molar-refractivity contribution is -0.153. The number of Topliss-reactive ketones (excluding diaryl/α,β-unsaturated/α-hetero) is 1. The van der Waals surface area contributed by atoms with Gasteiger partial charge in [0, 0.05) is 17.7 Å². The molecule has 7 heteroatoms. The standard InChI is InChI=1S/C22H24ClNO5/c1-13-5-6-14(2)17(11-13)19(25)8-10-21(26)29-15(3)22(27)24-16-7-9-20(28-4)18(23)12-16/h5-7,9,11-12,15H,8,10H2,1-4H3,(H,24,27)/t15-/m0/s1. The minimum absolute atomic E-state index is 0.0194. The Balaban J connectivity index is 1.86. The van der Waals surface area contributed by atoms with Crippen LogP contribution in [0.4, 0.5) is 5.69 Å². The molecular weight excluding hydrogens is 394 g/mol. The summed E-state index contributed by atoms with van der Waals surface area (Å²) in [5.41, 5.74) is 2.89. The smallest absolute Gasteiger partial charge is 0.307 e. The monoisotopic (exact) mass is 417 g/mol. The molecule has 1 atom stereocenters. The number of ketones is 1. The molecule has 0 aromatic heterocycles. The van der Waals surface area contributed by atoms with E-state index in [2.05, 4.69) is 5.32 Å². The molecule has 0 spiro atoms. The van der Waals surface area contributed by atoms with Gasteiger partial charge in [-0.2, -0.15) is 0 Å². The predicted octanol–water partition coefficient (Wildman–Crippen LogP) is 4.50. The first-order valence-electron chi connectivity index (χ1n) is 9.15. The van der Waals surface area contributed by atoms with Gasteiger partial charge in [-0.1, -0.05) is 29.3 Å². The summed E-state index contributed by atoms with van der Waals surface area (Å²) >= 11 is 6.03. The summed E-state index contributed by atoms with van der Waals surface area (Å²) in [6.07, 6.45) is -1.09. The largest absolute Gasteiger partial charge is 0.495 e. The molecule has 29 heavy (non-hydrogen) atoms. The van der Waals surface area contributed by atoms with E-state index in [4.69, 9.17) is 21.1 Å². The zero-order valence-corrected chi connectivity index (χ0v) is 17.6. The van der Waals surface area contributed by atoms with Gasteiger partial charge < -0.3 is 14.8 Å². The molecule has 6 nitrogen and oxygen atoms in total. The molecule has 0 radical (unpaired) electrons. The van der Waals surface area contributed by atoms with Crippen LogP contribution in [0.5, 0.6) is 5.75 Å². The summed E-state index contributed by atoms with van der Waals surface area (Å²) in [5.74, 6) is -0.759. The lowest BCUT2D eigenvalue weighted by atomic mass is 9.99. The molecule has 0 aliphatic heterocycles. The van der Waals surface area contributed by atoms with E-state index < -0.39 is 18.0 Å². The van der Waals surface area contributed by atoms with Gasteiger partial charge >= 0.3 is 5.97 Å². The summed E-state index contributed by atoms with van der Waals surface area (Å²) in [4.78, 5) is 36.6. The Morgan fingerprint density at radius 3 is 2.45 bits per heavy atom. The van der Waals surface area contributed by atoms with E-state index in [9.17, 15) is 14.4 Å². The van der Waals surface area contributed by atoms with Crippen LogP contribution in [-0.2, 0) is 14.3 Å². The average Bonchev–Trinajstić information content (AvgIpc) is 2.68. The van der Waals surface area contributed by atoms with Gasteiger partial charge in [0.2, 0.25) is 0 Å². The van der Waals surface area contributed by atoms with Crippen LogP contribution < -0.4 is 10.1 Å². The van der Waals surface area contributed by atoms with Gasteiger partial charge in [-0.25, -0.2) is 0 Å². The van der Waals surface area contributed by atoms with Crippen LogP contribution >= 0.6 is 11.6 Å². The van der Waals surface area contributed by atoms with Gasteiger partial charge in [0.1, 0.15) is 5.75 Å². The molecule has 1 N–H and O–H groups in total. The van der Waals surface area contributed by atoms with Gasteiger partial charge in [-0.3, -0.25) is 14.4 Å². The summed E-state index contributed by atoms with van der Waals surface area (Å²) in [7, 11) is 1.49. The number of anilines is 1. The molecule has 0 aliphatic rings. The number of amides is 1. The Bertz CT molecular complexity index is 925. The third-order valence-corrected chi connectivity index (χ3v) is 4.64. The van der Waals surface area contributed by atoms with Gasteiger partial charge in [-0.15, -0.1) is 0 Å². The van der Waals surface area contributed by atoms with Crippen molar-refractivity contribution in [2.24, 2.45) is 0 Å². The van der Waals surface area contributed by atoms with Crippen LogP contribution in [0, 0.1) is 13.8 Å². The summed E-state index contributed by atoms with van der Waals surface area (Å²) in [6.45, 7) is 5.22. The van der Waals surface area contributed by atoms with E-state index >= 15 is 0 Å². The number of benzene rings is 2. The topological polar surface area (TPSA) is 81.7 Å². The van der Waals surface area contributed by atoms with Crippen molar-refractivity contribution in [3.63, 3.8) is 0 Å². The van der Waals surface area contributed by atoms with E-state index in [0.29, 0.717) is 22.0 Å². The maximum Gasteiger partial charge on any atom is 0.307 e.